The van der Waals surface area contributed by atoms with Crippen molar-refractivity contribution in [3.05, 3.63) is 59.2 Å². The minimum atomic E-state index is -1.22. The van der Waals surface area contributed by atoms with Crippen molar-refractivity contribution in [3.8, 4) is 11.8 Å². The highest BCUT2D eigenvalue weighted by Crippen LogP contribution is 2.46. The van der Waals surface area contributed by atoms with Crippen molar-refractivity contribution >= 4 is 27.8 Å². The Morgan fingerprint density at radius 1 is 1.39 bits per heavy atom. The zero-order valence-electron chi connectivity index (χ0n) is 20.9. The van der Waals surface area contributed by atoms with Crippen LogP contribution in [0.1, 0.15) is 62.8 Å². The Balaban J connectivity index is 1.83. The van der Waals surface area contributed by atoms with Crippen molar-refractivity contribution in [1.29, 1.82) is 5.26 Å². The predicted molar refractivity (Wildman–Crippen MR) is 135 cm³/mol. The molecule has 1 aliphatic rings. The van der Waals surface area contributed by atoms with Gasteiger partial charge in [0.1, 0.15) is 5.82 Å². The number of carbonyl (C=O) groups is 1. The Bertz CT molecular complexity index is 1530. The number of halogens is 1. The molecule has 0 spiro atoms. The third-order valence-corrected chi connectivity index (χ3v) is 7.56. The zero-order chi connectivity index (χ0) is 25.8. The summed E-state index contributed by atoms with van der Waals surface area (Å²) in [5.74, 6) is -1.32. The lowest BCUT2D eigenvalue weighted by atomic mass is 9.77. The van der Waals surface area contributed by atoms with Crippen LogP contribution in [0.15, 0.2) is 36.5 Å². The third kappa shape index (κ3) is 3.75. The normalized spacial score (nSPS) is 20.6. The van der Waals surface area contributed by atoms with Gasteiger partial charge in [0.15, 0.2) is 5.60 Å². The van der Waals surface area contributed by atoms with Crippen LogP contribution >= 0.6 is 0 Å². The smallest absolute Gasteiger partial charge is 0.335 e. The van der Waals surface area contributed by atoms with Gasteiger partial charge in [-0.3, -0.25) is 5.10 Å². The standard InChI is InChI=1S/C28H29FN4O3/c1-16-11-19(5-6-21(16)29)33-23-12-18-14-31-32-22(18)13-20(23)24(25(33)27(2,3)9-10-30)17-7-8-28(4,26(34)35)36-15-17/h5-6,11-14,17H,7-9,15H2,1-4H3,(H,31,32)(H,34,35)/t17?,28-/m1/s1. The fourth-order valence-corrected chi connectivity index (χ4v) is 5.43. The summed E-state index contributed by atoms with van der Waals surface area (Å²) < 4.78 is 22.3. The second-order valence-electron chi connectivity index (χ2n) is 10.7. The molecule has 0 aliphatic carbocycles. The topological polar surface area (TPSA) is 104 Å². The molecule has 2 aromatic carbocycles. The molecule has 0 amide bonds. The van der Waals surface area contributed by atoms with Crippen LogP contribution in [-0.2, 0) is 14.9 Å². The lowest BCUT2D eigenvalue weighted by Gasteiger charge is -2.36. The highest BCUT2D eigenvalue weighted by molar-refractivity contribution is 5.99. The Morgan fingerprint density at radius 3 is 2.81 bits per heavy atom. The van der Waals surface area contributed by atoms with Gasteiger partial charge in [-0.05, 0) is 68.1 Å². The van der Waals surface area contributed by atoms with Gasteiger partial charge < -0.3 is 14.4 Å². The molecule has 1 fully saturated rings. The maximum absolute atomic E-state index is 14.3. The Hall–Kier alpha value is -3.70. The molecule has 3 heterocycles. The molecule has 4 aromatic rings. The van der Waals surface area contributed by atoms with E-state index in [-0.39, 0.29) is 24.8 Å². The quantitative estimate of drug-likeness (QED) is 0.365. The first-order valence-electron chi connectivity index (χ1n) is 12.1. The van der Waals surface area contributed by atoms with Gasteiger partial charge in [-0.1, -0.05) is 13.8 Å². The molecule has 186 valence electrons. The lowest BCUT2D eigenvalue weighted by Crippen LogP contribution is -2.43. The molecule has 7 nitrogen and oxygen atoms in total. The summed E-state index contributed by atoms with van der Waals surface area (Å²) in [4.78, 5) is 11.8. The molecule has 1 saturated heterocycles. The van der Waals surface area contributed by atoms with Crippen molar-refractivity contribution in [2.24, 2.45) is 0 Å². The molecule has 0 bridgehead atoms. The maximum atomic E-state index is 14.3. The predicted octanol–water partition coefficient (Wildman–Crippen LogP) is 5.88. The highest BCUT2D eigenvalue weighted by atomic mass is 19.1. The Labute approximate surface area is 208 Å². The van der Waals surface area contributed by atoms with Crippen molar-refractivity contribution in [2.45, 2.75) is 63.9 Å². The first-order valence-corrected chi connectivity index (χ1v) is 12.1. The molecular weight excluding hydrogens is 459 g/mol. The largest absolute Gasteiger partial charge is 0.479 e. The van der Waals surface area contributed by atoms with E-state index < -0.39 is 17.0 Å². The Kier molecular flexibility index (Phi) is 5.64. The summed E-state index contributed by atoms with van der Waals surface area (Å²) in [5, 5.41) is 28.6. The summed E-state index contributed by atoms with van der Waals surface area (Å²) in [5.41, 5.74) is 3.37. The monoisotopic (exact) mass is 488 g/mol. The number of aliphatic carboxylic acids is 1. The highest BCUT2D eigenvalue weighted by Gasteiger charge is 2.42. The molecule has 0 saturated carbocycles. The van der Waals surface area contributed by atoms with Gasteiger partial charge in [-0.2, -0.15) is 10.4 Å². The number of aryl methyl sites for hydroxylation is 1. The summed E-state index contributed by atoms with van der Waals surface area (Å²) in [6.07, 6.45) is 3.04. The fraction of sp³-hybridized carbons (Fsp3) is 0.393. The van der Waals surface area contributed by atoms with Gasteiger partial charge in [-0.25, -0.2) is 9.18 Å². The SMILES string of the molecule is Cc1cc(-n2c(C(C)(C)CC#N)c(C3CC[C@](C)(C(=O)O)OC3)c3cc4[nH]ncc4cc32)ccc1F. The number of carboxylic acid groups (broad SMARTS) is 1. The number of aromatic nitrogens is 3. The number of nitriles is 1. The number of ether oxygens (including phenoxy) is 1. The fourth-order valence-electron chi connectivity index (χ4n) is 5.43. The molecule has 5 rings (SSSR count). The molecule has 8 heteroatoms. The number of H-pyrrole nitrogens is 1. The molecule has 2 aromatic heterocycles. The van der Waals surface area contributed by atoms with Gasteiger partial charge >= 0.3 is 5.97 Å². The maximum Gasteiger partial charge on any atom is 0.335 e. The van der Waals surface area contributed by atoms with Gasteiger partial charge in [0.25, 0.3) is 0 Å². The number of aromatic amines is 1. The number of benzene rings is 2. The number of nitrogens with one attached hydrogen (secondary N) is 1. The molecule has 0 radical (unpaired) electrons. The van der Waals surface area contributed by atoms with Gasteiger partial charge in [-0.15, -0.1) is 0 Å². The lowest BCUT2D eigenvalue weighted by molar-refractivity contribution is -0.170. The van der Waals surface area contributed by atoms with Crippen molar-refractivity contribution in [1.82, 2.24) is 14.8 Å². The van der Waals surface area contributed by atoms with E-state index in [4.69, 9.17) is 4.74 Å². The van der Waals surface area contributed by atoms with Crippen molar-refractivity contribution in [3.63, 3.8) is 0 Å². The molecule has 1 unspecified atom stereocenters. The third-order valence-electron chi connectivity index (χ3n) is 7.56. The minimum Gasteiger partial charge on any atom is -0.479 e. The molecule has 2 N–H and O–H groups in total. The first kappa shape index (κ1) is 24.0. The number of hydrogen-bond acceptors (Lipinski definition) is 4. The van der Waals surface area contributed by atoms with Crippen molar-refractivity contribution in [2.75, 3.05) is 6.61 Å². The van der Waals surface area contributed by atoms with Crippen LogP contribution in [0.25, 0.3) is 27.5 Å². The van der Waals surface area contributed by atoms with Crippen LogP contribution in [0.5, 0.6) is 0 Å². The average Bonchev–Trinajstić information content (AvgIpc) is 3.42. The summed E-state index contributed by atoms with van der Waals surface area (Å²) in [6, 6.07) is 11.5. The van der Waals surface area contributed by atoms with Crippen molar-refractivity contribution < 1.29 is 19.0 Å². The van der Waals surface area contributed by atoms with E-state index in [9.17, 15) is 19.6 Å². The molecule has 2 atom stereocenters. The van der Waals surface area contributed by atoms with Gasteiger partial charge in [0.2, 0.25) is 0 Å². The minimum absolute atomic E-state index is 0.0731. The van der Waals surface area contributed by atoms with Crippen LogP contribution < -0.4 is 0 Å². The van der Waals surface area contributed by atoms with Crippen LogP contribution in [-0.4, -0.2) is 38.0 Å². The number of hydrogen-bond donors (Lipinski definition) is 2. The molecule has 1 aliphatic heterocycles. The van der Waals surface area contributed by atoms with Crippen LogP contribution in [0, 0.1) is 24.1 Å². The number of fused-ring (bicyclic) bond motifs is 2. The summed E-state index contributed by atoms with van der Waals surface area (Å²) >= 11 is 0. The van der Waals surface area contributed by atoms with E-state index in [2.05, 4.69) is 33.0 Å². The van der Waals surface area contributed by atoms with E-state index in [1.54, 1.807) is 26.1 Å². The average molecular weight is 489 g/mol. The summed E-state index contributed by atoms with van der Waals surface area (Å²) in [6.45, 7) is 7.69. The number of rotatable bonds is 5. The van der Waals surface area contributed by atoms with E-state index in [0.29, 0.717) is 18.4 Å². The van der Waals surface area contributed by atoms with E-state index in [1.807, 2.05) is 19.9 Å². The second-order valence-corrected chi connectivity index (χ2v) is 10.7. The van der Waals surface area contributed by atoms with Gasteiger partial charge in [0.05, 0.1) is 29.9 Å². The van der Waals surface area contributed by atoms with E-state index >= 15 is 0 Å². The van der Waals surface area contributed by atoms with E-state index in [0.717, 1.165) is 38.8 Å². The second kappa shape index (κ2) is 8.45. The van der Waals surface area contributed by atoms with Crippen LogP contribution in [0.3, 0.4) is 0 Å². The zero-order valence-corrected chi connectivity index (χ0v) is 20.9. The first-order chi connectivity index (χ1) is 17.1. The van der Waals surface area contributed by atoms with Crippen LogP contribution in [0.4, 0.5) is 4.39 Å². The Morgan fingerprint density at radius 2 is 2.17 bits per heavy atom. The molecule has 36 heavy (non-hydrogen) atoms. The number of nitrogens with zero attached hydrogens (tertiary/aromatic N) is 3. The van der Waals surface area contributed by atoms with Gasteiger partial charge in [0, 0.05) is 39.9 Å². The summed E-state index contributed by atoms with van der Waals surface area (Å²) in [7, 11) is 0. The number of carboxylic acids is 1. The van der Waals surface area contributed by atoms with Crippen LogP contribution in [0.2, 0.25) is 0 Å². The van der Waals surface area contributed by atoms with E-state index in [1.165, 1.54) is 6.07 Å². The molecular formula is C28H29FN4O3.